The van der Waals surface area contributed by atoms with Crippen molar-refractivity contribution in [2.75, 3.05) is 13.2 Å². The Kier molecular flexibility index (Phi) is 6.07. The van der Waals surface area contributed by atoms with Crippen molar-refractivity contribution in [1.82, 2.24) is 0 Å². The zero-order valence-corrected chi connectivity index (χ0v) is 9.97. The second-order valence-corrected chi connectivity index (χ2v) is 3.76. The van der Waals surface area contributed by atoms with E-state index in [2.05, 4.69) is 9.47 Å². The van der Waals surface area contributed by atoms with Crippen LogP contribution in [0.5, 0.6) is 0 Å². The topological polar surface area (TPSA) is 52.6 Å². The lowest BCUT2D eigenvalue weighted by Crippen LogP contribution is -2.34. The maximum absolute atomic E-state index is 13.1. The predicted molar refractivity (Wildman–Crippen MR) is 52.4 cm³/mol. The first-order valence-corrected chi connectivity index (χ1v) is 5.06. The smallest absolute Gasteiger partial charge is 0.302 e. The minimum Gasteiger partial charge on any atom is -0.466 e. The molecule has 0 atom stereocenters. The third kappa shape index (κ3) is 8.77. The van der Waals surface area contributed by atoms with Gasteiger partial charge in [0, 0.05) is 20.3 Å². The van der Waals surface area contributed by atoms with Gasteiger partial charge < -0.3 is 9.47 Å². The molecule has 18 heavy (non-hydrogen) atoms. The quantitative estimate of drug-likeness (QED) is 0.527. The number of hydrogen-bond acceptors (Lipinski definition) is 4. The minimum absolute atomic E-state index is 0.647. The third-order valence-corrected chi connectivity index (χ3v) is 1.78. The fourth-order valence-electron chi connectivity index (χ4n) is 1.07. The Morgan fingerprint density at radius 2 is 1.44 bits per heavy atom. The van der Waals surface area contributed by atoms with Crippen LogP contribution in [-0.4, -0.2) is 37.0 Å². The summed E-state index contributed by atoms with van der Waals surface area (Å²) in [7, 11) is 0. The van der Waals surface area contributed by atoms with Gasteiger partial charge in [-0.2, -0.15) is 0 Å². The van der Waals surface area contributed by atoms with Gasteiger partial charge in [-0.05, 0) is 0 Å². The average Bonchev–Trinajstić information content (AvgIpc) is 2.12. The third-order valence-electron chi connectivity index (χ3n) is 1.78. The van der Waals surface area contributed by atoms with Gasteiger partial charge in [0.15, 0.2) is 6.61 Å². The van der Waals surface area contributed by atoms with Crippen LogP contribution in [0.2, 0.25) is 0 Å². The molecule has 0 N–H and O–H groups in total. The summed E-state index contributed by atoms with van der Waals surface area (Å²) >= 11 is 0. The predicted octanol–water partition coefficient (Wildman–Crippen LogP) is 2.16. The summed E-state index contributed by atoms with van der Waals surface area (Å²) in [6.07, 6.45) is -2.78. The summed E-state index contributed by atoms with van der Waals surface area (Å²) in [5, 5.41) is 0. The normalized spacial score (nSPS) is 12.1. The highest BCUT2D eigenvalue weighted by molar-refractivity contribution is 5.66. The van der Waals surface area contributed by atoms with Crippen molar-refractivity contribution < 1.29 is 36.6 Å². The van der Waals surface area contributed by atoms with Crippen LogP contribution in [0.25, 0.3) is 0 Å². The van der Waals surface area contributed by atoms with Gasteiger partial charge in [0.1, 0.15) is 0 Å². The largest absolute Gasteiger partial charge is 0.466 e. The van der Waals surface area contributed by atoms with Crippen LogP contribution in [0, 0.1) is 0 Å². The second kappa shape index (κ2) is 6.55. The fraction of sp³-hybridized carbons (Fsp3) is 0.800. The number of halogens is 4. The molecule has 0 radical (unpaired) electrons. The Morgan fingerprint density at radius 3 is 1.89 bits per heavy atom. The van der Waals surface area contributed by atoms with Gasteiger partial charge in [-0.3, -0.25) is 9.59 Å². The number of rotatable bonds is 7. The maximum Gasteiger partial charge on any atom is 0.302 e. The molecule has 0 saturated heterocycles. The molecule has 0 rings (SSSR count). The molecule has 0 aliphatic rings. The molecule has 4 nitrogen and oxygen atoms in total. The number of ether oxygens (including phenoxy) is 2. The number of carbonyl (C=O) groups excluding carboxylic acids is 2. The van der Waals surface area contributed by atoms with Crippen LogP contribution in [0.15, 0.2) is 0 Å². The monoisotopic (exact) mass is 274 g/mol. The Hall–Kier alpha value is -1.34. The second-order valence-electron chi connectivity index (χ2n) is 3.76. The molecule has 0 fully saturated rings. The van der Waals surface area contributed by atoms with E-state index in [1.807, 2.05) is 0 Å². The van der Waals surface area contributed by atoms with E-state index < -0.39 is 49.8 Å². The van der Waals surface area contributed by atoms with Crippen molar-refractivity contribution in [1.29, 1.82) is 0 Å². The molecule has 0 aliphatic carbocycles. The maximum atomic E-state index is 13.1. The first-order valence-electron chi connectivity index (χ1n) is 5.06. The van der Waals surface area contributed by atoms with Crippen molar-refractivity contribution in [3.05, 3.63) is 0 Å². The summed E-state index contributed by atoms with van der Waals surface area (Å²) in [6.45, 7) is -0.125. The molecule has 8 heteroatoms. The van der Waals surface area contributed by atoms with E-state index in [1.165, 1.54) is 0 Å². The molecule has 0 saturated carbocycles. The van der Waals surface area contributed by atoms with E-state index in [9.17, 15) is 27.2 Å². The Bertz CT molecular complexity index is 304. The Morgan fingerprint density at radius 1 is 0.944 bits per heavy atom. The molecule has 0 bridgehead atoms. The number of hydrogen-bond donors (Lipinski definition) is 0. The molecule has 0 heterocycles. The SMILES string of the molecule is CC(=O)OCCC(F)(F)CC(F)(F)COC(C)=O. The first-order chi connectivity index (χ1) is 8.04. The Balaban J connectivity index is 4.18. The van der Waals surface area contributed by atoms with Crippen LogP contribution in [0.1, 0.15) is 26.7 Å². The van der Waals surface area contributed by atoms with Crippen molar-refractivity contribution in [2.45, 2.75) is 38.5 Å². The van der Waals surface area contributed by atoms with Crippen molar-refractivity contribution in [3.63, 3.8) is 0 Å². The summed E-state index contributed by atoms with van der Waals surface area (Å²) in [5.74, 6) is -9.28. The van der Waals surface area contributed by atoms with Gasteiger partial charge in [0.2, 0.25) is 0 Å². The van der Waals surface area contributed by atoms with Gasteiger partial charge in [0.25, 0.3) is 11.8 Å². The van der Waals surface area contributed by atoms with Crippen LogP contribution >= 0.6 is 0 Å². The molecule has 0 aromatic carbocycles. The van der Waals surface area contributed by atoms with Crippen LogP contribution in [0.4, 0.5) is 17.6 Å². The summed E-state index contributed by atoms with van der Waals surface area (Å²) in [4.78, 5) is 20.6. The summed E-state index contributed by atoms with van der Waals surface area (Å²) in [6, 6.07) is 0. The molecule has 0 amide bonds. The van der Waals surface area contributed by atoms with Crippen molar-refractivity contribution >= 4 is 11.9 Å². The van der Waals surface area contributed by atoms with E-state index in [1.54, 1.807) is 0 Å². The lowest BCUT2D eigenvalue weighted by atomic mass is 10.1. The van der Waals surface area contributed by atoms with Crippen LogP contribution in [0.3, 0.4) is 0 Å². The summed E-state index contributed by atoms with van der Waals surface area (Å²) < 4.78 is 60.4. The lowest BCUT2D eigenvalue weighted by molar-refractivity contribution is -0.169. The lowest BCUT2D eigenvalue weighted by Gasteiger charge is -2.22. The van der Waals surface area contributed by atoms with Gasteiger partial charge in [-0.15, -0.1) is 0 Å². The number of esters is 2. The molecule has 0 unspecified atom stereocenters. The highest BCUT2D eigenvalue weighted by Gasteiger charge is 2.43. The zero-order valence-electron chi connectivity index (χ0n) is 9.97. The molecular weight excluding hydrogens is 260 g/mol. The van der Waals surface area contributed by atoms with Gasteiger partial charge in [-0.25, -0.2) is 17.6 Å². The number of alkyl halides is 4. The molecular formula is C10H14F4O4. The van der Waals surface area contributed by atoms with Gasteiger partial charge in [-0.1, -0.05) is 0 Å². The molecule has 0 aliphatic heterocycles. The van der Waals surface area contributed by atoms with Crippen LogP contribution < -0.4 is 0 Å². The van der Waals surface area contributed by atoms with Gasteiger partial charge in [0.05, 0.1) is 13.0 Å². The van der Waals surface area contributed by atoms with Crippen LogP contribution in [-0.2, 0) is 19.1 Å². The van der Waals surface area contributed by atoms with Crippen molar-refractivity contribution in [2.24, 2.45) is 0 Å². The highest BCUT2D eigenvalue weighted by Crippen LogP contribution is 2.33. The fourth-order valence-corrected chi connectivity index (χ4v) is 1.07. The highest BCUT2D eigenvalue weighted by atomic mass is 19.3. The minimum atomic E-state index is -3.83. The summed E-state index contributed by atoms with van der Waals surface area (Å²) in [5.41, 5.74) is 0. The Labute approximate surface area is 101 Å². The van der Waals surface area contributed by atoms with E-state index in [-0.39, 0.29) is 0 Å². The molecule has 106 valence electrons. The van der Waals surface area contributed by atoms with E-state index >= 15 is 0 Å². The average molecular weight is 274 g/mol. The first kappa shape index (κ1) is 16.7. The zero-order chi connectivity index (χ0) is 14.4. The van der Waals surface area contributed by atoms with E-state index in [0.717, 1.165) is 13.8 Å². The van der Waals surface area contributed by atoms with E-state index in [0.29, 0.717) is 0 Å². The molecule has 0 spiro atoms. The van der Waals surface area contributed by atoms with E-state index in [4.69, 9.17) is 0 Å². The van der Waals surface area contributed by atoms with Gasteiger partial charge >= 0.3 is 11.9 Å². The van der Waals surface area contributed by atoms with Crippen molar-refractivity contribution in [3.8, 4) is 0 Å². The standard InChI is InChI=1S/C10H14F4O4/c1-7(15)17-4-3-9(11,12)5-10(13,14)6-18-8(2)16/h3-6H2,1-2H3. The molecule has 0 aromatic rings. The number of carbonyl (C=O) groups is 2. The molecule has 0 aromatic heterocycles.